The molecule has 0 spiro atoms. The molecule has 0 unspecified atom stereocenters. The monoisotopic (exact) mass is 311 g/mol. The second-order valence-electron chi connectivity index (χ2n) is 5.20. The van der Waals surface area contributed by atoms with E-state index in [2.05, 4.69) is 0 Å². The molecule has 4 heteroatoms. The first-order chi connectivity index (χ1) is 11.0. The van der Waals surface area contributed by atoms with Gasteiger partial charge in [-0.3, -0.25) is 0 Å². The van der Waals surface area contributed by atoms with Crippen LogP contribution in [0.15, 0.2) is 54.3 Å². The second kappa shape index (κ2) is 7.49. The van der Waals surface area contributed by atoms with Gasteiger partial charge in [0.05, 0.1) is 6.61 Å². The van der Waals surface area contributed by atoms with Gasteiger partial charge in [-0.05, 0) is 38.1 Å². The summed E-state index contributed by atoms with van der Waals surface area (Å²) in [6.07, 6.45) is 1.43. The summed E-state index contributed by atoms with van der Waals surface area (Å²) in [4.78, 5) is 13.6. The van der Waals surface area contributed by atoms with Gasteiger partial charge in [-0.25, -0.2) is 4.79 Å². The largest absolute Gasteiger partial charge is 0.502 e. The Labute approximate surface area is 136 Å². The molecule has 0 aromatic heterocycles. The second-order valence-corrected chi connectivity index (χ2v) is 5.20. The zero-order valence-corrected chi connectivity index (χ0v) is 13.6. The molecule has 0 aliphatic rings. The minimum Gasteiger partial charge on any atom is -0.502 e. The molecule has 0 heterocycles. The minimum atomic E-state index is -0.722. The molecular formula is C19H21NO3. The average Bonchev–Trinajstić information content (AvgIpc) is 2.55. The zero-order valence-electron chi connectivity index (χ0n) is 13.6. The van der Waals surface area contributed by atoms with Crippen molar-refractivity contribution >= 4 is 23.4 Å². The van der Waals surface area contributed by atoms with Gasteiger partial charge in [0.2, 0.25) is 5.76 Å². The predicted molar refractivity (Wildman–Crippen MR) is 92.9 cm³/mol. The van der Waals surface area contributed by atoms with Gasteiger partial charge in [-0.2, -0.15) is 0 Å². The van der Waals surface area contributed by atoms with E-state index in [1.54, 1.807) is 6.92 Å². The third-order valence-electron chi connectivity index (χ3n) is 3.50. The molecule has 1 N–H and O–H groups in total. The summed E-state index contributed by atoms with van der Waals surface area (Å²) in [7, 11) is 1.94. The van der Waals surface area contributed by atoms with E-state index in [1.807, 2.05) is 67.4 Å². The van der Waals surface area contributed by atoms with Crippen LogP contribution in [0.5, 0.6) is 0 Å². The third-order valence-corrected chi connectivity index (χ3v) is 3.50. The van der Waals surface area contributed by atoms with Gasteiger partial charge in [0.25, 0.3) is 0 Å². The summed E-state index contributed by atoms with van der Waals surface area (Å²) in [6.45, 7) is 3.96. The Balaban J connectivity index is 2.35. The van der Waals surface area contributed by atoms with Gasteiger partial charge in [0, 0.05) is 24.0 Å². The summed E-state index contributed by atoms with van der Waals surface area (Å²) in [5, 5.41) is 9.88. The molecule has 0 bridgehead atoms. The molecule has 0 fully saturated rings. The summed E-state index contributed by atoms with van der Waals surface area (Å²) in [5.41, 5.74) is 3.83. The normalized spacial score (nSPS) is 11.2. The van der Waals surface area contributed by atoms with E-state index in [1.165, 1.54) is 11.6 Å². The van der Waals surface area contributed by atoms with E-state index < -0.39 is 11.7 Å². The van der Waals surface area contributed by atoms with Crippen LogP contribution >= 0.6 is 0 Å². The number of ether oxygens (including phenoxy) is 1. The van der Waals surface area contributed by atoms with Crippen molar-refractivity contribution in [2.24, 2.45) is 0 Å². The maximum Gasteiger partial charge on any atom is 0.373 e. The Morgan fingerprint density at radius 2 is 1.83 bits per heavy atom. The number of hydrogen-bond acceptors (Lipinski definition) is 4. The number of nitrogens with zero attached hydrogens (tertiary/aromatic N) is 1. The number of aliphatic hydroxyl groups excluding tert-OH is 1. The van der Waals surface area contributed by atoms with Crippen molar-refractivity contribution in [1.82, 2.24) is 0 Å². The van der Waals surface area contributed by atoms with Crippen LogP contribution in [0, 0.1) is 6.92 Å². The van der Waals surface area contributed by atoms with Gasteiger partial charge < -0.3 is 14.7 Å². The van der Waals surface area contributed by atoms with Gasteiger partial charge in [-0.1, -0.05) is 35.9 Å². The van der Waals surface area contributed by atoms with E-state index >= 15 is 0 Å². The number of aryl methyl sites for hydroxylation is 1. The molecule has 0 saturated heterocycles. The van der Waals surface area contributed by atoms with Gasteiger partial charge in [0.1, 0.15) is 0 Å². The van der Waals surface area contributed by atoms with Crippen molar-refractivity contribution in [2.75, 3.05) is 18.6 Å². The smallest absolute Gasteiger partial charge is 0.373 e. The van der Waals surface area contributed by atoms with Crippen molar-refractivity contribution in [3.05, 3.63) is 65.4 Å². The highest BCUT2D eigenvalue weighted by molar-refractivity contribution is 5.92. The lowest BCUT2D eigenvalue weighted by Crippen LogP contribution is -2.11. The summed E-state index contributed by atoms with van der Waals surface area (Å²) in [5.74, 6) is -1.13. The fourth-order valence-corrected chi connectivity index (χ4v) is 2.23. The number of esters is 1. The quantitative estimate of drug-likeness (QED) is 0.510. The van der Waals surface area contributed by atoms with Crippen molar-refractivity contribution in [1.29, 1.82) is 0 Å². The van der Waals surface area contributed by atoms with E-state index in [-0.39, 0.29) is 6.61 Å². The molecule has 0 atom stereocenters. The highest BCUT2D eigenvalue weighted by Crippen LogP contribution is 2.28. The molecule has 4 nitrogen and oxygen atoms in total. The van der Waals surface area contributed by atoms with Gasteiger partial charge in [-0.15, -0.1) is 0 Å². The molecule has 2 aromatic carbocycles. The fourth-order valence-electron chi connectivity index (χ4n) is 2.23. The number of carbonyl (C=O) groups excluding carboxylic acids is 1. The van der Waals surface area contributed by atoms with Crippen LogP contribution in [0.3, 0.4) is 0 Å². The van der Waals surface area contributed by atoms with Crippen LogP contribution in [-0.4, -0.2) is 24.7 Å². The molecule has 0 aliphatic carbocycles. The molecule has 0 aliphatic heterocycles. The predicted octanol–water partition coefficient (Wildman–Crippen LogP) is 4.22. The number of carbonyl (C=O) groups is 1. The Kier molecular flexibility index (Phi) is 5.41. The van der Waals surface area contributed by atoms with E-state index in [4.69, 9.17) is 4.74 Å². The van der Waals surface area contributed by atoms with Crippen molar-refractivity contribution in [2.45, 2.75) is 13.8 Å². The lowest BCUT2D eigenvalue weighted by atomic mass is 10.1. The Morgan fingerprint density at radius 1 is 1.17 bits per heavy atom. The molecule has 120 valence electrons. The third kappa shape index (κ3) is 4.13. The summed E-state index contributed by atoms with van der Waals surface area (Å²) in [6, 6.07) is 15.7. The molecular weight excluding hydrogens is 290 g/mol. The van der Waals surface area contributed by atoms with E-state index in [0.717, 1.165) is 16.9 Å². The molecule has 2 aromatic rings. The number of anilines is 2. The number of para-hydroxylation sites is 1. The first-order valence-corrected chi connectivity index (χ1v) is 7.50. The maximum atomic E-state index is 11.6. The first-order valence-electron chi connectivity index (χ1n) is 7.50. The fraction of sp³-hybridized carbons (Fsp3) is 0.211. The number of hydrogen-bond donors (Lipinski definition) is 1. The van der Waals surface area contributed by atoms with Crippen LogP contribution in [0.4, 0.5) is 11.4 Å². The molecule has 0 saturated carbocycles. The number of aliphatic hydroxyl groups is 1. The molecule has 0 amide bonds. The van der Waals surface area contributed by atoms with Crippen LogP contribution < -0.4 is 4.90 Å². The van der Waals surface area contributed by atoms with Gasteiger partial charge >= 0.3 is 5.97 Å². The number of rotatable bonds is 5. The highest BCUT2D eigenvalue weighted by Gasteiger charge is 2.12. The van der Waals surface area contributed by atoms with Crippen molar-refractivity contribution in [3.8, 4) is 0 Å². The van der Waals surface area contributed by atoms with E-state index in [9.17, 15) is 9.90 Å². The molecule has 23 heavy (non-hydrogen) atoms. The van der Waals surface area contributed by atoms with E-state index in [0.29, 0.717) is 0 Å². The highest BCUT2D eigenvalue weighted by atomic mass is 16.5. The molecule has 0 radical (unpaired) electrons. The van der Waals surface area contributed by atoms with Crippen molar-refractivity contribution in [3.63, 3.8) is 0 Å². The van der Waals surface area contributed by atoms with Crippen molar-refractivity contribution < 1.29 is 14.6 Å². The average molecular weight is 311 g/mol. The maximum absolute atomic E-state index is 11.6. The first kappa shape index (κ1) is 16.6. The Bertz CT molecular complexity index is 705. The summed E-state index contributed by atoms with van der Waals surface area (Å²) >= 11 is 0. The standard InChI is InChI=1S/C19H21NO3/c1-4-23-19(22)18(21)13-15-7-5-6-8-17(15)20(3)16-11-9-14(2)10-12-16/h5-13,21H,4H2,1-3H3/b18-13-. The number of benzene rings is 2. The molecule has 2 rings (SSSR count). The van der Waals surface area contributed by atoms with Gasteiger partial charge in [0.15, 0.2) is 0 Å². The topological polar surface area (TPSA) is 49.8 Å². The summed E-state index contributed by atoms with van der Waals surface area (Å²) < 4.78 is 4.80. The minimum absolute atomic E-state index is 0.224. The van der Waals surface area contributed by atoms with Crippen LogP contribution in [-0.2, 0) is 9.53 Å². The zero-order chi connectivity index (χ0) is 16.8. The lowest BCUT2D eigenvalue weighted by Gasteiger charge is -2.22. The Hall–Kier alpha value is -2.75. The van der Waals surface area contributed by atoms with Crippen LogP contribution in [0.25, 0.3) is 6.08 Å². The SMILES string of the molecule is CCOC(=O)/C(O)=C/c1ccccc1N(C)c1ccc(C)cc1. The van der Waals surface area contributed by atoms with Crippen LogP contribution in [0.1, 0.15) is 18.1 Å². The lowest BCUT2D eigenvalue weighted by molar-refractivity contribution is -0.141. The van der Waals surface area contributed by atoms with Crippen LogP contribution in [0.2, 0.25) is 0 Å². The Morgan fingerprint density at radius 3 is 2.48 bits per heavy atom.